The molecule has 1 heterocycles. The molecule has 0 aliphatic carbocycles. The van der Waals surface area contributed by atoms with Crippen LogP contribution in [0.4, 0.5) is 5.69 Å². The van der Waals surface area contributed by atoms with Crippen molar-refractivity contribution in [2.75, 3.05) is 13.4 Å². The van der Waals surface area contributed by atoms with Gasteiger partial charge in [-0.2, -0.15) is 0 Å². The van der Waals surface area contributed by atoms with Crippen LogP contribution >= 0.6 is 11.6 Å². The summed E-state index contributed by atoms with van der Waals surface area (Å²) in [6, 6.07) is 8.09. The molecule has 0 bridgehead atoms. The number of ketones is 1. The number of hydrogen-bond acceptors (Lipinski definition) is 7. The molecule has 0 unspecified atom stereocenters. The molecule has 2 aromatic rings. The van der Waals surface area contributed by atoms with Crippen LogP contribution in [0.3, 0.4) is 0 Å². The smallest absolute Gasteiger partial charge is 0.345 e. The lowest BCUT2D eigenvalue weighted by molar-refractivity contribution is -0.385. The average Bonchev–Trinajstić information content (AvgIpc) is 3.06. The molecule has 25 heavy (non-hydrogen) atoms. The van der Waals surface area contributed by atoms with Crippen molar-refractivity contribution in [2.45, 2.75) is 0 Å². The van der Waals surface area contributed by atoms with Gasteiger partial charge in [-0.3, -0.25) is 14.9 Å². The molecule has 0 amide bonds. The summed E-state index contributed by atoms with van der Waals surface area (Å²) in [5, 5.41) is 11.1. The topological polar surface area (TPSA) is 105 Å². The number of carbonyl (C=O) groups is 2. The minimum Gasteiger partial charge on any atom is -0.454 e. The predicted molar refractivity (Wildman–Crippen MR) is 85.3 cm³/mol. The second kappa shape index (κ2) is 6.78. The molecule has 2 aromatic carbocycles. The molecule has 1 aliphatic heterocycles. The number of esters is 1. The zero-order valence-electron chi connectivity index (χ0n) is 12.6. The molecule has 8 nitrogen and oxygen atoms in total. The lowest BCUT2D eigenvalue weighted by Gasteiger charge is -2.06. The van der Waals surface area contributed by atoms with Crippen molar-refractivity contribution < 1.29 is 28.7 Å². The zero-order chi connectivity index (χ0) is 18.0. The van der Waals surface area contributed by atoms with Gasteiger partial charge in [0, 0.05) is 16.7 Å². The first-order chi connectivity index (χ1) is 12.0. The fourth-order valence-corrected chi connectivity index (χ4v) is 2.36. The number of Topliss-reactive ketones (excluding diaryl/α,β-unsaturated/α-hetero) is 1. The highest BCUT2D eigenvalue weighted by molar-refractivity contribution is 6.31. The van der Waals surface area contributed by atoms with Gasteiger partial charge in [0.15, 0.2) is 23.9 Å². The van der Waals surface area contributed by atoms with Gasteiger partial charge in [0.05, 0.1) is 4.92 Å². The van der Waals surface area contributed by atoms with Gasteiger partial charge in [-0.15, -0.1) is 0 Å². The van der Waals surface area contributed by atoms with Crippen LogP contribution in [-0.2, 0) is 4.74 Å². The molecule has 0 atom stereocenters. The van der Waals surface area contributed by atoms with Crippen molar-refractivity contribution in [1.82, 2.24) is 0 Å². The fraction of sp³-hybridized carbons (Fsp3) is 0.125. The number of fused-ring (bicyclic) bond motifs is 1. The van der Waals surface area contributed by atoms with Crippen molar-refractivity contribution in [3.63, 3.8) is 0 Å². The highest BCUT2D eigenvalue weighted by Crippen LogP contribution is 2.32. The summed E-state index contributed by atoms with van der Waals surface area (Å²) >= 11 is 5.69. The van der Waals surface area contributed by atoms with Crippen LogP contribution in [0.15, 0.2) is 36.4 Å². The van der Waals surface area contributed by atoms with Crippen LogP contribution < -0.4 is 9.47 Å². The lowest BCUT2D eigenvalue weighted by Crippen LogP contribution is -2.15. The fourth-order valence-electron chi connectivity index (χ4n) is 2.19. The molecule has 0 radical (unpaired) electrons. The maximum Gasteiger partial charge on any atom is 0.345 e. The SMILES string of the molecule is O=C(COC(=O)c1ccc(Cl)cc1[N+](=O)[O-])c1ccc2c(c1)OCO2. The molecule has 0 spiro atoms. The van der Waals surface area contributed by atoms with E-state index in [-0.39, 0.29) is 22.9 Å². The van der Waals surface area contributed by atoms with E-state index in [1.165, 1.54) is 24.3 Å². The first-order valence-corrected chi connectivity index (χ1v) is 7.37. The Morgan fingerprint density at radius 3 is 2.68 bits per heavy atom. The molecule has 128 valence electrons. The number of carbonyl (C=O) groups excluding carboxylic acids is 2. The first-order valence-electron chi connectivity index (χ1n) is 6.99. The van der Waals surface area contributed by atoms with Crippen molar-refractivity contribution in [2.24, 2.45) is 0 Å². The van der Waals surface area contributed by atoms with Crippen LogP contribution in [0.1, 0.15) is 20.7 Å². The Balaban J connectivity index is 1.70. The van der Waals surface area contributed by atoms with Crippen LogP contribution in [0.2, 0.25) is 5.02 Å². The zero-order valence-corrected chi connectivity index (χ0v) is 13.3. The molecule has 9 heteroatoms. The van der Waals surface area contributed by atoms with Gasteiger partial charge in [0.1, 0.15) is 5.56 Å². The van der Waals surface area contributed by atoms with Crippen molar-refractivity contribution in [3.8, 4) is 11.5 Å². The van der Waals surface area contributed by atoms with Crippen LogP contribution in [-0.4, -0.2) is 30.1 Å². The molecular weight excluding hydrogens is 354 g/mol. The van der Waals surface area contributed by atoms with Gasteiger partial charge < -0.3 is 14.2 Å². The number of halogens is 1. The minimum absolute atomic E-state index is 0.0716. The second-order valence-corrected chi connectivity index (χ2v) is 5.42. The Bertz CT molecular complexity index is 881. The van der Waals surface area contributed by atoms with Gasteiger partial charge >= 0.3 is 5.97 Å². The number of ether oxygens (including phenoxy) is 3. The summed E-state index contributed by atoms with van der Waals surface area (Å²) in [4.78, 5) is 34.4. The van der Waals surface area contributed by atoms with Crippen LogP contribution in [0.5, 0.6) is 11.5 Å². The van der Waals surface area contributed by atoms with E-state index in [0.717, 1.165) is 6.07 Å². The van der Waals surface area contributed by atoms with Gasteiger partial charge in [0.2, 0.25) is 6.79 Å². The Kier molecular flexibility index (Phi) is 4.53. The third-order valence-corrected chi connectivity index (χ3v) is 3.64. The summed E-state index contributed by atoms with van der Waals surface area (Å²) in [5.41, 5.74) is -0.511. The van der Waals surface area contributed by atoms with E-state index in [1.807, 2.05) is 0 Å². The third-order valence-electron chi connectivity index (χ3n) is 3.41. The van der Waals surface area contributed by atoms with Gasteiger partial charge in [0.25, 0.3) is 5.69 Å². The summed E-state index contributed by atoms with van der Waals surface area (Å²) in [6.07, 6.45) is 0. The summed E-state index contributed by atoms with van der Waals surface area (Å²) < 4.78 is 15.2. The van der Waals surface area contributed by atoms with E-state index < -0.39 is 29.0 Å². The Morgan fingerprint density at radius 1 is 1.16 bits per heavy atom. The molecule has 1 aliphatic rings. The maximum absolute atomic E-state index is 12.1. The quantitative estimate of drug-likeness (QED) is 0.348. The van der Waals surface area contributed by atoms with E-state index in [0.29, 0.717) is 11.5 Å². The highest BCUT2D eigenvalue weighted by atomic mass is 35.5. The standard InChI is InChI=1S/C16H10ClNO7/c17-10-2-3-11(12(6-10)18(21)22)16(20)23-7-13(19)9-1-4-14-15(5-9)25-8-24-14/h1-6H,7-8H2. The van der Waals surface area contributed by atoms with E-state index in [4.69, 9.17) is 25.8 Å². The molecule has 0 N–H and O–H groups in total. The summed E-state index contributed by atoms with van der Waals surface area (Å²) in [5.74, 6) is -0.531. The normalized spacial score (nSPS) is 11.9. The van der Waals surface area contributed by atoms with Gasteiger partial charge in [-0.1, -0.05) is 11.6 Å². The Morgan fingerprint density at radius 2 is 1.92 bits per heavy atom. The van der Waals surface area contributed by atoms with Gasteiger partial charge in [-0.05, 0) is 30.3 Å². The monoisotopic (exact) mass is 363 g/mol. The lowest BCUT2D eigenvalue weighted by atomic mass is 10.1. The maximum atomic E-state index is 12.1. The summed E-state index contributed by atoms with van der Waals surface area (Å²) in [6.45, 7) is -0.500. The average molecular weight is 364 g/mol. The molecule has 0 aromatic heterocycles. The number of rotatable bonds is 5. The number of nitro groups is 1. The first kappa shape index (κ1) is 16.7. The van der Waals surface area contributed by atoms with E-state index in [1.54, 1.807) is 6.07 Å². The third kappa shape index (κ3) is 3.53. The molecule has 0 saturated heterocycles. The Labute approximate surface area is 146 Å². The molecule has 3 rings (SSSR count). The van der Waals surface area contributed by atoms with Gasteiger partial charge in [-0.25, -0.2) is 4.79 Å². The van der Waals surface area contributed by atoms with Crippen molar-refractivity contribution in [1.29, 1.82) is 0 Å². The molecule has 0 saturated carbocycles. The number of benzene rings is 2. The number of nitro benzene ring substituents is 1. The van der Waals surface area contributed by atoms with Crippen LogP contribution in [0, 0.1) is 10.1 Å². The van der Waals surface area contributed by atoms with E-state index in [2.05, 4.69) is 0 Å². The molecular formula is C16H10ClNO7. The second-order valence-electron chi connectivity index (χ2n) is 4.99. The van der Waals surface area contributed by atoms with Crippen molar-refractivity contribution in [3.05, 3.63) is 62.7 Å². The molecule has 0 fully saturated rings. The number of hydrogen-bond donors (Lipinski definition) is 0. The number of nitrogens with zero attached hydrogens (tertiary/aromatic N) is 1. The largest absolute Gasteiger partial charge is 0.454 e. The van der Waals surface area contributed by atoms with E-state index >= 15 is 0 Å². The van der Waals surface area contributed by atoms with E-state index in [9.17, 15) is 19.7 Å². The summed E-state index contributed by atoms with van der Waals surface area (Å²) in [7, 11) is 0. The highest BCUT2D eigenvalue weighted by Gasteiger charge is 2.23. The Hall–Kier alpha value is -3.13. The predicted octanol–water partition coefficient (Wildman–Crippen LogP) is 3.02. The minimum atomic E-state index is -0.988. The van der Waals surface area contributed by atoms with Crippen LogP contribution in [0.25, 0.3) is 0 Å². The van der Waals surface area contributed by atoms with Crippen molar-refractivity contribution >= 4 is 29.0 Å².